The summed E-state index contributed by atoms with van der Waals surface area (Å²) in [5.74, 6) is -0.628. The zero-order chi connectivity index (χ0) is 19.4. The average Bonchev–Trinajstić information content (AvgIpc) is 3.17. The Bertz CT molecular complexity index is 899. The highest BCUT2D eigenvalue weighted by molar-refractivity contribution is 7.80. The Hall–Kier alpha value is -3.27. The Morgan fingerprint density at radius 1 is 1.30 bits per heavy atom. The van der Waals surface area contributed by atoms with Crippen LogP contribution < -0.4 is 15.5 Å². The minimum atomic E-state index is -0.598. The fraction of sp³-hybridized carbons (Fsp3) is 0.235. The molecule has 0 spiro atoms. The number of nitro groups is 1. The number of amides is 1. The van der Waals surface area contributed by atoms with Gasteiger partial charge in [-0.2, -0.15) is 0 Å². The van der Waals surface area contributed by atoms with E-state index in [1.807, 2.05) is 4.90 Å². The summed E-state index contributed by atoms with van der Waals surface area (Å²) in [5, 5.41) is 26.0. The zero-order valence-electron chi connectivity index (χ0n) is 14.2. The van der Waals surface area contributed by atoms with E-state index in [4.69, 9.17) is 12.2 Å². The lowest BCUT2D eigenvalue weighted by Crippen LogP contribution is -2.34. The highest BCUT2D eigenvalue weighted by atomic mass is 32.1. The number of nitrogens with one attached hydrogen (secondary N) is 2. The molecule has 1 saturated heterocycles. The quantitative estimate of drug-likeness (QED) is 0.416. The molecule has 0 unspecified atom stereocenters. The molecule has 3 rings (SSSR count). The summed E-state index contributed by atoms with van der Waals surface area (Å²) in [7, 11) is 0. The van der Waals surface area contributed by atoms with Gasteiger partial charge in [0.05, 0.1) is 4.92 Å². The van der Waals surface area contributed by atoms with Crippen LogP contribution in [0.5, 0.6) is 5.75 Å². The highest BCUT2D eigenvalue weighted by Crippen LogP contribution is 2.31. The third kappa shape index (κ3) is 4.29. The van der Waals surface area contributed by atoms with Gasteiger partial charge in [-0.1, -0.05) is 0 Å². The third-order valence-electron chi connectivity index (χ3n) is 4.13. The van der Waals surface area contributed by atoms with Gasteiger partial charge in [-0.05, 0) is 49.3 Å². The highest BCUT2D eigenvalue weighted by Gasteiger charge is 2.24. The number of rotatable bonds is 4. The predicted octanol–water partition coefficient (Wildman–Crippen LogP) is 2.42. The Morgan fingerprint density at radius 3 is 2.70 bits per heavy atom. The van der Waals surface area contributed by atoms with Crippen molar-refractivity contribution >= 4 is 40.4 Å². The summed E-state index contributed by atoms with van der Waals surface area (Å²) < 4.78 is 0. The van der Waals surface area contributed by atoms with Gasteiger partial charge in [0.15, 0.2) is 16.7 Å². The standard InChI is InChI=1S/C17H17N5O4S/c23-14-4-3-7-18-15(14)19-17(27)20-16(24)11-5-6-12(13(10-11)22(25)26)21-8-1-2-9-21/h3-7,10,23H,1-2,8-9H2,(H2,18,19,20,24,27). The number of carbonyl (C=O) groups is 1. The van der Waals surface area contributed by atoms with Crippen LogP contribution in [0.15, 0.2) is 36.5 Å². The van der Waals surface area contributed by atoms with Crippen LogP contribution in [0.2, 0.25) is 0 Å². The first-order chi connectivity index (χ1) is 13.0. The van der Waals surface area contributed by atoms with Crippen molar-refractivity contribution in [2.75, 3.05) is 23.3 Å². The summed E-state index contributed by atoms with van der Waals surface area (Å²) in [6, 6.07) is 7.31. The summed E-state index contributed by atoms with van der Waals surface area (Å²) in [6.45, 7) is 1.52. The molecule has 2 heterocycles. The third-order valence-corrected chi connectivity index (χ3v) is 4.33. The van der Waals surface area contributed by atoms with Gasteiger partial charge in [-0.15, -0.1) is 0 Å². The molecule has 0 atom stereocenters. The summed E-state index contributed by atoms with van der Waals surface area (Å²) >= 11 is 5.03. The van der Waals surface area contributed by atoms with Crippen molar-refractivity contribution in [3.63, 3.8) is 0 Å². The van der Waals surface area contributed by atoms with Crippen LogP contribution in [-0.4, -0.2) is 39.1 Å². The van der Waals surface area contributed by atoms with Crippen molar-refractivity contribution in [1.29, 1.82) is 0 Å². The molecule has 2 aromatic rings. The fourth-order valence-corrected chi connectivity index (χ4v) is 3.03. The first kappa shape index (κ1) is 18.5. The second kappa shape index (κ2) is 7.96. The molecule has 10 heteroatoms. The second-order valence-electron chi connectivity index (χ2n) is 5.93. The van der Waals surface area contributed by atoms with Crippen LogP contribution in [0.25, 0.3) is 0 Å². The Balaban J connectivity index is 1.74. The Kier molecular flexibility index (Phi) is 5.46. The molecule has 1 amide bonds. The Morgan fingerprint density at radius 2 is 2.04 bits per heavy atom. The molecular formula is C17H17N5O4S. The van der Waals surface area contributed by atoms with Crippen LogP contribution in [0.4, 0.5) is 17.2 Å². The lowest BCUT2D eigenvalue weighted by molar-refractivity contribution is -0.384. The topological polar surface area (TPSA) is 121 Å². The number of benzene rings is 1. The Labute approximate surface area is 160 Å². The molecule has 1 fully saturated rings. The molecule has 1 aliphatic heterocycles. The van der Waals surface area contributed by atoms with Gasteiger partial charge < -0.3 is 15.3 Å². The smallest absolute Gasteiger partial charge is 0.293 e. The predicted molar refractivity (Wildman–Crippen MR) is 104 cm³/mol. The second-order valence-corrected chi connectivity index (χ2v) is 6.34. The van der Waals surface area contributed by atoms with Crippen LogP contribution >= 0.6 is 12.2 Å². The first-order valence-electron chi connectivity index (χ1n) is 8.25. The van der Waals surface area contributed by atoms with E-state index in [9.17, 15) is 20.0 Å². The largest absolute Gasteiger partial charge is 0.504 e. The molecule has 9 nitrogen and oxygen atoms in total. The number of hydrogen-bond donors (Lipinski definition) is 3. The van der Waals surface area contributed by atoms with E-state index in [0.717, 1.165) is 25.9 Å². The zero-order valence-corrected chi connectivity index (χ0v) is 15.0. The van der Waals surface area contributed by atoms with Crippen LogP contribution in [0, 0.1) is 10.1 Å². The van der Waals surface area contributed by atoms with E-state index in [1.54, 1.807) is 12.1 Å². The van der Waals surface area contributed by atoms with Crippen LogP contribution in [-0.2, 0) is 0 Å². The van der Waals surface area contributed by atoms with E-state index in [2.05, 4.69) is 15.6 Å². The van der Waals surface area contributed by atoms with Gasteiger partial charge in [-0.25, -0.2) is 4.98 Å². The molecule has 0 radical (unpaired) electrons. The molecule has 1 aliphatic rings. The minimum absolute atomic E-state index is 0.0831. The number of hydrogen-bond acceptors (Lipinski definition) is 7. The number of thiocarbonyl (C=S) groups is 1. The number of pyridine rings is 1. The molecule has 0 bridgehead atoms. The average molecular weight is 387 g/mol. The molecule has 1 aromatic heterocycles. The van der Waals surface area contributed by atoms with Crippen LogP contribution in [0.1, 0.15) is 23.2 Å². The van der Waals surface area contributed by atoms with E-state index >= 15 is 0 Å². The molecule has 0 aliphatic carbocycles. The van der Waals surface area contributed by atoms with E-state index < -0.39 is 10.8 Å². The van der Waals surface area contributed by atoms with Crippen molar-refractivity contribution in [1.82, 2.24) is 10.3 Å². The van der Waals surface area contributed by atoms with E-state index in [0.29, 0.717) is 5.69 Å². The van der Waals surface area contributed by atoms with Crippen molar-refractivity contribution in [3.05, 3.63) is 52.2 Å². The van der Waals surface area contributed by atoms with Crippen LogP contribution in [0.3, 0.4) is 0 Å². The van der Waals surface area contributed by atoms with Gasteiger partial charge >= 0.3 is 0 Å². The van der Waals surface area contributed by atoms with Gasteiger partial charge in [0.25, 0.3) is 11.6 Å². The summed E-state index contributed by atoms with van der Waals surface area (Å²) in [4.78, 5) is 29.2. The molecule has 1 aromatic carbocycles. The molecule has 3 N–H and O–H groups in total. The maximum atomic E-state index is 12.4. The van der Waals surface area contributed by atoms with E-state index in [-0.39, 0.29) is 27.9 Å². The number of anilines is 2. The van der Waals surface area contributed by atoms with Gasteiger partial charge in [0.1, 0.15) is 5.69 Å². The summed E-state index contributed by atoms with van der Waals surface area (Å²) in [6.07, 6.45) is 3.42. The number of aromatic hydroxyl groups is 1. The van der Waals surface area contributed by atoms with Gasteiger partial charge in [0.2, 0.25) is 0 Å². The van der Waals surface area contributed by atoms with Crippen molar-refractivity contribution in [2.45, 2.75) is 12.8 Å². The summed E-state index contributed by atoms with van der Waals surface area (Å²) in [5.41, 5.74) is 0.498. The lowest BCUT2D eigenvalue weighted by atomic mass is 10.1. The van der Waals surface area contributed by atoms with E-state index in [1.165, 1.54) is 24.4 Å². The van der Waals surface area contributed by atoms with Gasteiger partial charge in [-0.3, -0.25) is 20.2 Å². The molecular weight excluding hydrogens is 370 g/mol. The monoisotopic (exact) mass is 387 g/mol. The lowest BCUT2D eigenvalue weighted by Gasteiger charge is -2.18. The number of nitro benzene ring substituents is 1. The fourth-order valence-electron chi connectivity index (χ4n) is 2.84. The number of carbonyl (C=O) groups excluding carboxylic acids is 1. The maximum absolute atomic E-state index is 12.4. The first-order valence-corrected chi connectivity index (χ1v) is 8.66. The molecule has 0 saturated carbocycles. The van der Waals surface area contributed by atoms with Crippen molar-refractivity contribution < 1.29 is 14.8 Å². The number of nitrogens with zero attached hydrogens (tertiary/aromatic N) is 3. The normalized spacial score (nSPS) is 13.3. The van der Waals surface area contributed by atoms with Crippen molar-refractivity contribution in [2.24, 2.45) is 0 Å². The van der Waals surface area contributed by atoms with Crippen molar-refractivity contribution in [3.8, 4) is 5.75 Å². The maximum Gasteiger partial charge on any atom is 0.293 e. The van der Waals surface area contributed by atoms with Gasteiger partial charge in [0, 0.05) is 30.9 Å². The molecule has 27 heavy (non-hydrogen) atoms. The number of aromatic nitrogens is 1. The molecule has 140 valence electrons. The SMILES string of the molecule is O=C(NC(=S)Nc1ncccc1O)c1ccc(N2CCCC2)c([N+](=O)[O-])c1. The minimum Gasteiger partial charge on any atom is -0.504 e.